The van der Waals surface area contributed by atoms with Crippen molar-refractivity contribution in [2.45, 2.75) is 0 Å². The van der Waals surface area contributed by atoms with E-state index in [9.17, 15) is 9.18 Å². The quantitative estimate of drug-likeness (QED) is 0.640. The van der Waals surface area contributed by atoms with E-state index in [-0.39, 0.29) is 11.8 Å². The average Bonchev–Trinajstić information content (AvgIpc) is 2.62. The first-order chi connectivity index (χ1) is 11.2. The van der Waals surface area contributed by atoms with Gasteiger partial charge in [-0.1, -0.05) is 48.5 Å². The lowest BCUT2D eigenvalue weighted by Crippen LogP contribution is -2.01. The molecule has 0 saturated carbocycles. The highest BCUT2D eigenvalue weighted by Crippen LogP contribution is 2.33. The predicted octanol–water partition coefficient (Wildman–Crippen LogP) is 4.95. The number of ether oxygens (including phenoxy) is 1. The lowest BCUT2D eigenvalue weighted by molar-refractivity contribution is 0.0601. The smallest absolute Gasteiger partial charge is 0.337 e. The maximum Gasteiger partial charge on any atom is 0.337 e. The third-order valence-electron chi connectivity index (χ3n) is 3.68. The van der Waals surface area contributed by atoms with Crippen LogP contribution in [0.25, 0.3) is 22.3 Å². The third-order valence-corrected chi connectivity index (χ3v) is 3.68. The van der Waals surface area contributed by atoms with Gasteiger partial charge in [0, 0.05) is 0 Å². The maximum absolute atomic E-state index is 13.2. The summed E-state index contributed by atoms with van der Waals surface area (Å²) >= 11 is 0. The minimum atomic E-state index is -0.382. The first-order valence-corrected chi connectivity index (χ1v) is 7.23. The number of carbonyl (C=O) groups is 1. The Bertz CT molecular complexity index is 824. The molecule has 0 spiro atoms. The number of rotatable bonds is 3. The van der Waals surface area contributed by atoms with Crippen LogP contribution in [0.1, 0.15) is 10.4 Å². The molecule has 0 saturated heterocycles. The zero-order chi connectivity index (χ0) is 16.2. The van der Waals surface area contributed by atoms with Gasteiger partial charge in [-0.2, -0.15) is 0 Å². The van der Waals surface area contributed by atoms with Crippen LogP contribution in [0.5, 0.6) is 0 Å². The molecule has 3 aromatic rings. The highest BCUT2D eigenvalue weighted by Gasteiger charge is 2.12. The van der Waals surface area contributed by atoms with Gasteiger partial charge >= 0.3 is 5.97 Å². The molecule has 0 amide bonds. The Hall–Kier alpha value is -2.94. The normalized spacial score (nSPS) is 10.3. The van der Waals surface area contributed by atoms with Gasteiger partial charge in [0.25, 0.3) is 0 Å². The zero-order valence-corrected chi connectivity index (χ0v) is 12.6. The van der Waals surface area contributed by atoms with E-state index in [1.165, 1.54) is 19.2 Å². The minimum absolute atomic E-state index is 0.277. The van der Waals surface area contributed by atoms with Crippen molar-refractivity contribution >= 4 is 5.97 Å². The zero-order valence-electron chi connectivity index (χ0n) is 12.6. The van der Waals surface area contributed by atoms with Crippen molar-refractivity contribution in [3.05, 3.63) is 84.2 Å². The summed E-state index contributed by atoms with van der Waals surface area (Å²) in [5.74, 6) is -0.658. The molecule has 0 aliphatic carbocycles. The van der Waals surface area contributed by atoms with Crippen molar-refractivity contribution in [1.29, 1.82) is 0 Å². The summed E-state index contributed by atoms with van der Waals surface area (Å²) in [7, 11) is 1.36. The van der Waals surface area contributed by atoms with Crippen molar-refractivity contribution in [3.63, 3.8) is 0 Å². The van der Waals surface area contributed by atoms with Gasteiger partial charge in [0.2, 0.25) is 0 Å². The Labute approximate surface area is 134 Å². The molecule has 23 heavy (non-hydrogen) atoms. The molecular formula is C20H15FO2. The van der Waals surface area contributed by atoms with E-state index in [0.29, 0.717) is 5.56 Å². The highest BCUT2D eigenvalue weighted by molar-refractivity contribution is 5.94. The number of hydrogen-bond acceptors (Lipinski definition) is 2. The Morgan fingerprint density at radius 2 is 1.48 bits per heavy atom. The molecule has 0 bridgehead atoms. The fraction of sp³-hybridized carbons (Fsp3) is 0.0500. The molecule has 0 heterocycles. The van der Waals surface area contributed by atoms with Crippen molar-refractivity contribution in [1.82, 2.24) is 0 Å². The van der Waals surface area contributed by atoms with E-state index in [0.717, 1.165) is 22.3 Å². The van der Waals surface area contributed by atoms with Crippen LogP contribution >= 0.6 is 0 Å². The number of methoxy groups -OCH3 is 1. The number of esters is 1. The molecule has 114 valence electrons. The van der Waals surface area contributed by atoms with Crippen LogP contribution in [0, 0.1) is 5.82 Å². The SMILES string of the molecule is COC(=O)c1ccc(-c2ccc(F)cc2)c(-c2ccccc2)c1. The summed E-state index contributed by atoms with van der Waals surface area (Å²) in [4.78, 5) is 11.8. The second-order valence-electron chi connectivity index (χ2n) is 5.12. The maximum atomic E-state index is 13.2. The molecular weight excluding hydrogens is 291 g/mol. The molecule has 0 unspecified atom stereocenters. The minimum Gasteiger partial charge on any atom is -0.465 e. The van der Waals surface area contributed by atoms with E-state index in [2.05, 4.69) is 0 Å². The van der Waals surface area contributed by atoms with E-state index in [1.807, 2.05) is 36.4 Å². The molecule has 0 atom stereocenters. The van der Waals surface area contributed by atoms with E-state index >= 15 is 0 Å². The number of hydrogen-bond donors (Lipinski definition) is 0. The van der Waals surface area contributed by atoms with Crippen LogP contribution in [0.3, 0.4) is 0 Å². The molecule has 0 aliphatic rings. The lowest BCUT2D eigenvalue weighted by Gasteiger charge is -2.12. The summed E-state index contributed by atoms with van der Waals surface area (Å²) in [5, 5.41) is 0. The highest BCUT2D eigenvalue weighted by atomic mass is 19.1. The molecule has 0 aliphatic heterocycles. The van der Waals surface area contributed by atoms with Gasteiger partial charge in [-0.25, -0.2) is 9.18 Å². The van der Waals surface area contributed by atoms with Gasteiger partial charge in [-0.3, -0.25) is 0 Å². The summed E-state index contributed by atoms with van der Waals surface area (Å²) in [6.45, 7) is 0. The Balaban J connectivity index is 2.19. The molecule has 3 heteroatoms. The number of halogens is 1. The van der Waals surface area contributed by atoms with Gasteiger partial charge in [0.15, 0.2) is 0 Å². The fourth-order valence-electron chi connectivity index (χ4n) is 2.53. The van der Waals surface area contributed by atoms with Crippen molar-refractivity contribution in [3.8, 4) is 22.3 Å². The summed E-state index contributed by atoms with van der Waals surface area (Å²) in [5.41, 5.74) is 4.19. The van der Waals surface area contributed by atoms with Crippen LogP contribution in [0.4, 0.5) is 4.39 Å². The molecule has 3 aromatic carbocycles. The number of benzene rings is 3. The van der Waals surface area contributed by atoms with Gasteiger partial charge in [0.1, 0.15) is 5.82 Å². The van der Waals surface area contributed by atoms with E-state index in [1.54, 1.807) is 24.3 Å². The topological polar surface area (TPSA) is 26.3 Å². The molecule has 0 fully saturated rings. The largest absolute Gasteiger partial charge is 0.465 e. The van der Waals surface area contributed by atoms with Crippen LogP contribution in [0.2, 0.25) is 0 Å². The van der Waals surface area contributed by atoms with Crippen molar-refractivity contribution in [2.24, 2.45) is 0 Å². The second-order valence-corrected chi connectivity index (χ2v) is 5.12. The predicted molar refractivity (Wildman–Crippen MR) is 88.6 cm³/mol. The standard InChI is InChI=1S/C20H15FO2/c1-23-20(22)16-9-12-18(15-7-10-17(21)11-8-15)19(13-16)14-5-3-2-4-6-14/h2-13H,1H3. The first kappa shape index (κ1) is 15.0. The molecule has 2 nitrogen and oxygen atoms in total. The molecule has 0 aromatic heterocycles. The van der Waals surface area contributed by atoms with Crippen LogP contribution in [-0.4, -0.2) is 13.1 Å². The van der Waals surface area contributed by atoms with E-state index < -0.39 is 0 Å². The average molecular weight is 306 g/mol. The molecule has 0 N–H and O–H groups in total. The van der Waals surface area contributed by atoms with Crippen LogP contribution < -0.4 is 0 Å². The summed E-state index contributed by atoms with van der Waals surface area (Å²) < 4.78 is 18.0. The summed E-state index contributed by atoms with van der Waals surface area (Å²) in [6.07, 6.45) is 0. The second kappa shape index (κ2) is 6.44. The molecule has 3 rings (SSSR count). The van der Waals surface area contributed by atoms with Crippen molar-refractivity contribution in [2.75, 3.05) is 7.11 Å². The van der Waals surface area contributed by atoms with Gasteiger partial charge in [0.05, 0.1) is 12.7 Å². The van der Waals surface area contributed by atoms with Gasteiger partial charge in [-0.15, -0.1) is 0 Å². The van der Waals surface area contributed by atoms with Gasteiger partial charge < -0.3 is 4.74 Å². The first-order valence-electron chi connectivity index (χ1n) is 7.23. The fourth-order valence-corrected chi connectivity index (χ4v) is 2.53. The Morgan fingerprint density at radius 3 is 2.13 bits per heavy atom. The lowest BCUT2D eigenvalue weighted by atomic mass is 9.93. The van der Waals surface area contributed by atoms with Crippen LogP contribution in [0.15, 0.2) is 72.8 Å². The van der Waals surface area contributed by atoms with Crippen LogP contribution in [-0.2, 0) is 4.74 Å². The monoisotopic (exact) mass is 306 g/mol. The summed E-state index contributed by atoms with van der Waals surface area (Å²) in [6, 6.07) is 21.5. The third kappa shape index (κ3) is 3.14. The Morgan fingerprint density at radius 1 is 0.826 bits per heavy atom. The van der Waals surface area contributed by atoms with Crippen molar-refractivity contribution < 1.29 is 13.9 Å². The Kier molecular flexibility index (Phi) is 4.20. The van der Waals surface area contributed by atoms with E-state index in [4.69, 9.17) is 4.74 Å². The number of carbonyl (C=O) groups excluding carboxylic acids is 1. The van der Waals surface area contributed by atoms with Gasteiger partial charge in [-0.05, 0) is 46.5 Å². The molecule has 0 radical (unpaired) electrons.